The summed E-state index contributed by atoms with van der Waals surface area (Å²) in [6.07, 6.45) is 3.92. The van der Waals surface area contributed by atoms with Crippen molar-refractivity contribution in [1.82, 2.24) is 14.7 Å². The number of carbonyl (C=O) groups excluding carboxylic acids is 1. The van der Waals surface area contributed by atoms with Gasteiger partial charge in [0.05, 0.1) is 12.2 Å². The molecule has 0 aliphatic heterocycles. The summed E-state index contributed by atoms with van der Waals surface area (Å²) in [4.78, 5) is 16.2. The molecule has 1 amide bonds. The van der Waals surface area contributed by atoms with Crippen molar-refractivity contribution < 1.29 is 4.79 Å². The van der Waals surface area contributed by atoms with E-state index in [4.69, 9.17) is 0 Å². The van der Waals surface area contributed by atoms with Crippen LogP contribution in [0.3, 0.4) is 0 Å². The molecule has 0 aliphatic carbocycles. The Hall–Kier alpha value is -1.84. The Labute approximate surface area is 107 Å². The van der Waals surface area contributed by atoms with Gasteiger partial charge in [0.2, 0.25) is 5.91 Å². The number of nitrogens with one attached hydrogen (secondary N) is 1. The molecule has 18 heavy (non-hydrogen) atoms. The van der Waals surface area contributed by atoms with Crippen molar-refractivity contribution in [3.63, 3.8) is 0 Å². The van der Waals surface area contributed by atoms with E-state index in [-0.39, 0.29) is 11.3 Å². The molecule has 0 aromatic carbocycles. The van der Waals surface area contributed by atoms with Gasteiger partial charge < -0.3 is 9.72 Å². The number of pyridine rings is 1. The van der Waals surface area contributed by atoms with Crippen molar-refractivity contribution in [1.29, 1.82) is 0 Å². The number of aromatic nitrogens is 2. The molecule has 2 heterocycles. The molecule has 0 saturated carbocycles. The predicted molar refractivity (Wildman–Crippen MR) is 71.2 cm³/mol. The van der Waals surface area contributed by atoms with Gasteiger partial charge in [0.15, 0.2) is 0 Å². The van der Waals surface area contributed by atoms with E-state index in [1.165, 1.54) is 5.56 Å². The fourth-order valence-corrected chi connectivity index (χ4v) is 1.66. The topological polar surface area (TPSA) is 46.4 Å². The molecule has 0 spiro atoms. The maximum absolute atomic E-state index is 11.8. The average Bonchev–Trinajstić information content (AvgIpc) is 2.66. The Kier molecular flexibility index (Phi) is 3.11. The third-order valence-electron chi connectivity index (χ3n) is 2.78. The van der Waals surface area contributed by atoms with Gasteiger partial charge >= 0.3 is 0 Å². The minimum Gasteiger partial charge on any atom is -0.350 e. The van der Waals surface area contributed by atoms with Gasteiger partial charge in [-0.1, -0.05) is 20.8 Å². The highest BCUT2D eigenvalue weighted by molar-refractivity contribution is 5.81. The number of imidazole rings is 1. The fourth-order valence-electron chi connectivity index (χ4n) is 1.66. The molecule has 2 rings (SSSR count). The molecule has 2 aromatic rings. The van der Waals surface area contributed by atoms with Crippen LogP contribution in [0.1, 0.15) is 32.0 Å². The maximum atomic E-state index is 11.8. The van der Waals surface area contributed by atoms with Crippen molar-refractivity contribution >= 4 is 11.6 Å². The van der Waals surface area contributed by atoms with E-state index in [9.17, 15) is 4.79 Å². The van der Waals surface area contributed by atoms with Crippen molar-refractivity contribution in [2.75, 3.05) is 0 Å². The molecule has 2 aromatic heterocycles. The SMILES string of the molecule is Cc1ccn2cc(CNC(=O)C(C)(C)C)nc2c1. The van der Waals surface area contributed by atoms with Crippen LogP contribution in [0.15, 0.2) is 24.5 Å². The molecule has 4 nitrogen and oxygen atoms in total. The predicted octanol–water partition coefficient (Wildman–Crippen LogP) is 2.31. The Morgan fingerprint density at radius 1 is 1.44 bits per heavy atom. The number of hydrogen-bond donors (Lipinski definition) is 1. The highest BCUT2D eigenvalue weighted by Gasteiger charge is 2.20. The zero-order chi connectivity index (χ0) is 13.3. The van der Waals surface area contributed by atoms with Gasteiger partial charge in [-0.05, 0) is 24.6 Å². The summed E-state index contributed by atoms with van der Waals surface area (Å²) in [6.45, 7) is 8.20. The van der Waals surface area contributed by atoms with Crippen molar-refractivity contribution in [3.8, 4) is 0 Å². The second-order valence-electron chi connectivity index (χ2n) is 5.63. The molecule has 0 aliphatic rings. The number of rotatable bonds is 2. The summed E-state index contributed by atoms with van der Waals surface area (Å²) < 4.78 is 1.96. The molecule has 0 atom stereocenters. The van der Waals surface area contributed by atoms with Crippen molar-refractivity contribution in [2.45, 2.75) is 34.2 Å². The number of aryl methyl sites for hydroxylation is 1. The third-order valence-corrected chi connectivity index (χ3v) is 2.78. The van der Waals surface area contributed by atoms with Gasteiger partial charge in [0.1, 0.15) is 5.65 Å². The second-order valence-corrected chi connectivity index (χ2v) is 5.63. The van der Waals surface area contributed by atoms with Crippen LogP contribution in [-0.2, 0) is 11.3 Å². The average molecular weight is 245 g/mol. The van der Waals surface area contributed by atoms with Gasteiger partial charge in [0.25, 0.3) is 0 Å². The molecular weight excluding hydrogens is 226 g/mol. The number of carbonyl (C=O) groups is 1. The highest BCUT2D eigenvalue weighted by Crippen LogP contribution is 2.13. The Bertz CT molecular complexity index is 578. The Morgan fingerprint density at radius 3 is 2.83 bits per heavy atom. The first-order valence-corrected chi connectivity index (χ1v) is 6.09. The van der Waals surface area contributed by atoms with E-state index >= 15 is 0 Å². The summed E-state index contributed by atoms with van der Waals surface area (Å²) in [5, 5.41) is 2.90. The maximum Gasteiger partial charge on any atom is 0.225 e. The van der Waals surface area contributed by atoms with Gasteiger partial charge in [-0.15, -0.1) is 0 Å². The van der Waals surface area contributed by atoms with Crippen LogP contribution in [0.5, 0.6) is 0 Å². The van der Waals surface area contributed by atoms with Crippen LogP contribution in [0.4, 0.5) is 0 Å². The first-order valence-electron chi connectivity index (χ1n) is 6.09. The first-order chi connectivity index (χ1) is 8.36. The molecule has 96 valence electrons. The summed E-state index contributed by atoms with van der Waals surface area (Å²) in [5.41, 5.74) is 2.60. The summed E-state index contributed by atoms with van der Waals surface area (Å²) in [6, 6.07) is 4.06. The fraction of sp³-hybridized carbons (Fsp3) is 0.429. The van der Waals surface area contributed by atoms with Crippen LogP contribution in [0.2, 0.25) is 0 Å². The first kappa shape index (κ1) is 12.6. The van der Waals surface area contributed by atoms with E-state index in [2.05, 4.69) is 10.3 Å². The summed E-state index contributed by atoms with van der Waals surface area (Å²) in [7, 11) is 0. The number of nitrogens with zero attached hydrogens (tertiary/aromatic N) is 2. The lowest BCUT2D eigenvalue weighted by molar-refractivity contribution is -0.128. The summed E-state index contributed by atoms with van der Waals surface area (Å²) in [5.74, 6) is 0.0377. The van der Waals surface area contributed by atoms with Crippen LogP contribution in [0.25, 0.3) is 5.65 Å². The van der Waals surface area contributed by atoms with Crippen LogP contribution in [-0.4, -0.2) is 15.3 Å². The lowest BCUT2D eigenvalue weighted by atomic mass is 9.96. The van der Waals surface area contributed by atoms with Crippen molar-refractivity contribution in [3.05, 3.63) is 35.8 Å². The Morgan fingerprint density at radius 2 is 2.17 bits per heavy atom. The molecular formula is C14H19N3O. The highest BCUT2D eigenvalue weighted by atomic mass is 16.2. The van der Waals surface area contributed by atoms with E-state index in [0.29, 0.717) is 6.54 Å². The van der Waals surface area contributed by atoms with Crippen LogP contribution in [0, 0.1) is 12.3 Å². The zero-order valence-corrected chi connectivity index (χ0v) is 11.3. The molecule has 0 radical (unpaired) electrons. The lowest BCUT2D eigenvalue weighted by Gasteiger charge is -2.16. The van der Waals surface area contributed by atoms with E-state index in [1.54, 1.807) is 0 Å². The van der Waals surface area contributed by atoms with Gasteiger partial charge in [-0.3, -0.25) is 4.79 Å². The molecule has 4 heteroatoms. The van der Waals surface area contributed by atoms with E-state index in [1.807, 2.05) is 56.6 Å². The van der Waals surface area contributed by atoms with Gasteiger partial charge in [-0.2, -0.15) is 0 Å². The molecule has 1 N–H and O–H groups in total. The van der Waals surface area contributed by atoms with E-state index < -0.39 is 0 Å². The van der Waals surface area contributed by atoms with Gasteiger partial charge in [0, 0.05) is 17.8 Å². The van der Waals surface area contributed by atoms with Crippen molar-refractivity contribution in [2.24, 2.45) is 5.41 Å². The van der Waals surface area contributed by atoms with Crippen LogP contribution < -0.4 is 5.32 Å². The zero-order valence-electron chi connectivity index (χ0n) is 11.3. The smallest absolute Gasteiger partial charge is 0.225 e. The lowest BCUT2D eigenvalue weighted by Crippen LogP contribution is -2.34. The molecule has 0 saturated heterocycles. The molecule has 0 fully saturated rings. The third kappa shape index (κ3) is 2.70. The minimum atomic E-state index is -0.365. The van der Waals surface area contributed by atoms with Gasteiger partial charge in [-0.25, -0.2) is 4.98 Å². The second kappa shape index (κ2) is 4.44. The minimum absolute atomic E-state index is 0.0377. The number of hydrogen-bond acceptors (Lipinski definition) is 2. The molecule has 0 bridgehead atoms. The van der Waals surface area contributed by atoms with Crippen LogP contribution >= 0.6 is 0 Å². The van der Waals surface area contributed by atoms with E-state index in [0.717, 1.165) is 11.3 Å². The summed E-state index contributed by atoms with van der Waals surface area (Å²) >= 11 is 0. The largest absolute Gasteiger partial charge is 0.350 e. The number of fused-ring (bicyclic) bond motifs is 1. The normalized spacial score (nSPS) is 11.8. The molecule has 0 unspecified atom stereocenters. The Balaban J connectivity index is 2.11. The number of amides is 1. The quantitative estimate of drug-likeness (QED) is 0.882. The monoisotopic (exact) mass is 245 g/mol. The standard InChI is InChI=1S/C14H19N3O/c1-10-5-6-17-9-11(16-12(17)7-10)8-15-13(18)14(2,3)4/h5-7,9H,8H2,1-4H3,(H,15,18).